The summed E-state index contributed by atoms with van der Waals surface area (Å²) >= 11 is 0. The van der Waals surface area contributed by atoms with Crippen LogP contribution < -0.4 is 0 Å². The van der Waals surface area contributed by atoms with Crippen LogP contribution in [0.2, 0.25) is 0 Å². The molecule has 0 saturated heterocycles. The number of carboxylic acid groups (broad SMARTS) is 2. The number of hydrogen-bond acceptors (Lipinski definition) is 4. The monoisotopic (exact) mass is 340 g/mol. The molecule has 25 heavy (non-hydrogen) atoms. The van der Waals surface area contributed by atoms with Crippen molar-refractivity contribution in [3.05, 3.63) is 65.8 Å². The molecular formula is C18H16N2O5. The second-order valence-corrected chi connectivity index (χ2v) is 5.69. The van der Waals surface area contributed by atoms with Crippen LogP contribution in [0.4, 0.5) is 0 Å². The van der Waals surface area contributed by atoms with Gasteiger partial charge in [0, 0.05) is 17.2 Å². The lowest BCUT2D eigenvalue weighted by Gasteiger charge is -2.23. The molecule has 0 saturated carbocycles. The van der Waals surface area contributed by atoms with Gasteiger partial charge in [-0.1, -0.05) is 48.6 Å². The van der Waals surface area contributed by atoms with Crippen LogP contribution in [-0.2, 0) is 14.4 Å². The maximum Gasteiger partial charge on any atom is 0.331 e. The predicted octanol–water partition coefficient (Wildman–Crippen LogP) is 3.07. The molecule has 3 rings (SSSR count). The standard InChI is InChI=1S/C9H6N2O.C9H10O4/c12-9-6-8(10-11-9)7-4-2-1-3-5-7;1-9(8(12)13)4-2-3-6(5-9)7(10)11/h1-6H;2-4H,5H2,1H3,(H,10,11)(H,12,13). The van der Waals surface area contributed by atoms with Crippen LogP contribution in [0, 0.1) is 5.41 Å². The van der Waals surface area contributed by atoms with Gasteiger partial charge in [-0.2, -0.15) is 0 Å². The molecular weight excluding hydrogens is 324 g/mol. The van der Waals surface area contributed by atoms with E-state index in [0.717, 1.165) is 5.56 Å². The van der Waals surface area contributed by atoms with Gasteiger partial charge in [0.2, 0.25) is 0 Å². The summed E-state index contributed by atoms with van der Waals surface area (Å²) in [5.74, 6) is -2.35. The number of rotatable bonds is 3. The highest BCUT2D eigenvalue weighted by molar-refractivity contribution is 5.98. The van der Waals surface area contributed by atoms with Gasteiger partial charge in [0.15, 0.2) is 0 Å². The number of hydrogen-bond donors (Lipinski definition) is 2. The van der Waals surface area contributed by atoms with Gasteiger partial charge < -0.3 is 10.2 Å². The van der Waals surface area contributed by atoms with Gasteiger partial charge in [-0.25, -0.2) is 4.79 Å². The zero-order valence-electron chi connectivity index (χ0n) is 13.4. The SMILES string of the molecule is CC1(C(=O)O)C=CC=C(C(=O)O)C1.O=C1C=C(c2ccccc2)N=N1. The van der Waals surface area contributed by atoms with Crippen LogP contribution in [0.25, 0.3) is 5.70 Å². The first-order valence-electron chi connectivity index (χ1n) is 7.40. The Morgan fingerprint density at radius 1 is 1.12 bits per heavy atom. The van der Waals surface area contributed by atoms with Crippen molar-refractivity contribution in [2.45, 2.75) is 13.3 Å². The Bertz CT molecular complexity index is 821. The lowest BCUT2D eigenvalue weighted by molar-refractivity contribution is -0.145. The molecule has 0 bridgehead atoms. The first-order valence-corrected chi connectivity index (χ1v) is 7.40. The van der Waals surface area contributed by atoms with Crippen LogP contribution in [-0.4, -0.2) is 28.1 Å². The van der Waals surface area contributed by atoms with Crippen molar-refractivity contribution < 1.29 is 24.6 Å². The summed E-state index contributed by atoms with van der Waals surface area (Å²) < 4.78 is 0. The molecule has 1 amide bonds. The molecule has 0 spiro atoms. The molecule has 2 aliphatic rings. The fourth-order valence-electron chi connectivity index (χ4n) is 2.21. The fourth-order valence-corrected chi connectivity index (χ4v) is 2.21. The number of amides is 1. The highest BCUT2D eigenvalue weighted by atomic mass is 16.4. The van der Waals surface area contributed by atoms with Crippen LogP contribution >= 0.6 is 0 Å². The summed E-state index contributed by atoms with van der Waals surface area (Å²) in [6, 6.07) is 9.49. The zero-order chi connectivity index (χ0) is 18.4. The number of azo groups is 1. The lowest BCUT2D eigenvalue weighted by Crippen LogP contribution is -2.28. The Labute approximate surface area is 143 Å². The van der Waals surface area contributed by atoms with Gasteiger partial charge in [-0.05, 0) is 13.3 Å². The van der Waals surface area contributed by atoms with Crippen molar-refractivity contribution in [3.63, 3.8) is 0 Å². The van der Waals surface area contributed by atoms with Gasteiger partial charge in [0.05, 0.1) is 11.1 Å². The summed E-state index contributed by atoms with van der Waals surface area (Å²) in [6.45, 7) is 1.50. The van der Waals surface area contributed by atoms with Gasteiger partial charge >= 0.3 is 11.9 Å². The summed E-state index contributed by atoms with van der Waals surface area (Å²) in [5, 5.41) is 24.6. The molecule has 1 aliphatic heterocycles. The molecule has 7 heteroatoms. The van der Waals surface area contributed by atoms with E-state index in [4.69, 9.17) is 10.2 Å². The van der Waals surface area contributed by atoms with Crippen LogP contribution in [0.1, 0.15) is 18.9 Å². The first kappa shape index (κ1) is 18.0. The molecule has 1 aliphatic carbocycles. The van der Waals surface area contributed by atoms with E-state index in [9.17, 15) is 14.4 Å². The van der Waals surface area contributed by atoms with Gasteiger partial charge in [-0.15, -0.1) is 10.2 Å². The molecule has 1 unspecified atom stereocenters. The Balaban J connectivity index is 0.000000181. The smallest absolute Gasteiger partial charge is 0.331 e. The number of aliphatic carboxylic acids is 2. The van der Waals surface area contributed by atoms with Crippen molar-refractivity contribution in [1.29, 1.82) is 0 Å². The molecule has 7 nitrogen and oxygen atoms in total. The topological polar surface area (TPSA) is 116 Å². The van der Waals surface area contributed by atoms with E-state index in [1.54, 1.807) is 0 Å². The summed E-state index contributed by atoms with van der Waals surface area (Å²) in [4.78, 5) is 32.0. The van der Waals surface area contributed by atoms with E-state index in [1.807, 2.05) is 30.3 Å². The van der Waals surface area contributed by atoms with Crippen molar-refractivity contribution in [1.82, 2.24) is 0 Å². The average molecular weight is 340 g/mol. The first-order chi connectivity index (χ1) is 11.8. The van der Waals surface area contributed by atoms with E-state index in [0.29, 0.717) is 5.70 Å². The minimum absolute atomic E-state index is 0.0359. The molecule has 0 radical (unpaired) electrons. The molecule has 1 atom stereocenters. The number of carbonyl (C=O) groups is 3. The summed E-state index contributed by atoms with van der Waals surface area (Å²) in [7, 11) is 0. The Morgan fingerprint density at radius 3 is 2.32 bits per heavy atom. The third-order valence-electron chi connectivity index (χ3n) is 3.67. The average Bonchev–Trinajstić information content (AvgIpc) is 3.03. The molecule has 0 fully saturated rings. The van der Waals surface area contributed by atoms with Gasteiger partial charge in [0.25, 0.3) is 5.91 Å². The van der Waals surface area contributed by atoms with Gasteiger partial charge in [-0.3, -0.25) is 9.59 Å². The Hall–Kier alpha value is -3.35. The minimum Gasteiger partial charge on any atom is -0.481 e. The van der Waals surface area contributed by atoms with E-state index >= 15 is 0 Å². The molecule has 2 N–H and O–H groups in total. The number of nitrogens with zero attached hydrogens (tertiary/aromatic N) is 2. The third kappa shape index (κ3) is 4.57. The maximum atomic E-state index is 10.8. The van der Waals surface area contributed by atoms with E-state index in [-0.39, 0.29) is 17.9 Å². The van der Waals surface area contributed by atoms with E-state index in [1.165, 1.54) is 31.2 Å². The highest BCUT2D eigenvalue weighted by Gasteiger charge is 2.34. The quantitative estimate of drug-likeness (QED) is 0.877. The number of allylic oxidation sites excluding steroid dienone is 2. The van der Waals surface area contributed by atoms with Crippen molar-refractivity contribution in [3.8, 4) is 0 Å². The van der Waals surface area contributed by atoms with E-state index in [2.05, 4.69) is 10.2 Å². The van der Waals surface area contributed by atoms with Crippen molar-refractivity contribution in [2.24, 2.45) is 15.6 Å². The second kappa shape index (κ2) is 7.48. The van der Waals surface area contributed by atoms with Gasteiger partial charge in [0.1, 0.15) is 0 Å². The molecule has 128 valence electrons. The maximum absolute atomic E-state index is 10.8. The van der Waals surface area contributed by atoms with Crippen molar-refractivity contribution in [2.75, 3.05) is 0 Å². The minimum atomic E-state index is -1.08. The second-order valence-electron chi connectivity index (χ2n) is 5.69. The Kier molecular flexibility index (Phi) is 5.38. The predicted molar refractivity (Wildman–Crippen MR) is 89.5 cm³/mol. The lowest BCUT2D eigenvalue weighted by atomic mass is 9.80. The number of carbonyl (C=O) groups excluding carboxylic acids is 1. The summed E-state index contributed by atoms with van der Waals surface area (Å²) in [5.41, 5.74) is 0.614. The summed E-state index contributed by atoms with van der Waals surface area (Å²) in [6.07, 6.45) is 5.86. The number of carboxylic acids is 2. The normalized spacial score (nSPS) is 21.1. The molecule has 1 heterocycles. The van der Waals surface area contributed by atoms with Crippen molar-refractivity contribution >= 4 is 23.5 Å². The van der Waals surface area contributed by atoms with E-state index < -0.39 is 17.4 Å². The largest absolute Gasteiger partial charge is 0.481 e. The third-order valence-corrected chi connectivity index (χ3v) is 3.67. The highest BCUT2D eigenvalue weighted by Crippen LogP contribution is 2.31. The molecule has 1 aromatic rings. The fraction of sp³-hybridized carbons (Fsp3) is 0.167. The molecule has 1 aromatic carbocycles. The number of benzene rings is 1. The zero-order valence-corrected chi connectivity index (χ0v) is 13.4. The molecule has 0 aromatic heterocycles. The van der Waals surface area contributed by atoms with Crippen LogP contribution in [0.3, 0.4) is 0 Å². The van der Waals surface area contributed by atoms with Crippen LogP contribution in [0.5, 0.6) is 0 Å². The van der Waals surface area contributed by atoms with Crippen LogP contribution in [0.15, 0.2) is 70.4 Å². The Morgan fingerprint density at radius 2 is 1.80 bits per heavy atom.